The number of phenolic OH excluding ortho intramolecular Hbond substituents is 1. The second-order valence-corrected chi connectivity index (χ2v) is 10.4. The van der Waals surface area contributed by atoms with E-state index in [1.165, 1.54) is 0 Å². The van der Waals surface area contributed by atoms with E-state index in [1.807, 2.05) is 18.4 Å². The summed E-state index contributed by atoms with van der Waals surface area (Å²) in [6, 6.07) is 7.53. The summed E-state index contributed by atoms with van der Waals surface area (Å²) in [5.74, 6) is 2.66. The summed E-state index contributed by atoms with van der Waals surface area (Å²) >= 11 is 1.64. The highest BCUT2D eigenvalue weighted by Gasteiger charge is 2.33. The largest absolute Gasteiger partial charge is 0.504 e. The molecule has 0 spiro atoms. The molecule has 0 aromatic heterocycles. The minimum Gasteiger partial charge on any atom is -0.504 e. The van der Waals surface area contributed by atoms with Gasteiger partial charge in [-0.15, -0.1) is 11.8 Å². The molecule has 35 heavy (non-hydrogen) atoms. The maximum absolute atomic E-state index is 10.5. The Kier molecular flexibility index (Phi) is 6.90. The van der Waals surface area contributed by atoms with Gasteiger partial charge in [0.2, 0.25) is 0 Å². The highest BCUT2D eigenvalue weighted by molar-refractivity contribution is 8.02. The third-order valence-electron chi connectivity index (χ3n) is 6.32. The molecular weight excluding hydrogens is 460 g/mol. The summed E-state index contributed by atoms with van der Waals surface area (Å²) in [5, 5.41) is 28.3. The van der Waals surface area contributed by atoms with Gasteiger partial charge in [0.05, 0.1) is 23.9 Å². The zero-order chi connectivity index (χ0) is 25.3. The fourth-order valence-electron chi connectivity index (χ4n) is 4.57. The van der Waals surface area contributed by atoms with Crippen LogP contribution in [0, 0.1) is 5.92 Å². The van der Waals surface area contributed by atoms with Crippen LogP contribution >= 0.6 is 11.8 Å². The number of hydrogen-bond donors (Lipinski definition) is 3. The Morgan fingerprint density at radius 3 is 2.71 bits per heavy atom. The van der Waals surface area contributed by atoms with Crippen molar-refractivity contribution in [3.63, 3.8) is 0 Å². The molecule has 1 atom stereocenters. The molecule has 0 radical (unpaired) electrons. The zero-order valence-corrected chi connectivity index (χ0v) is 21.8. The molecule has 2 heterocycles. The molecule has 0 aliphatic carbocycles. The minimum absolute atomic E-state index is 0.0630. The van der Waals surface area contributed by atoms with Gasteiger partial charge in [0.25, 0.3) is 0 Å². The number of aromatic hydroxyl groups is 1. The Bertz CT molecular complexity index is 1270. The Labute approximate surface area is 211 Å². The summed E-state index contributed by atoms with van der Waals surface area (Å²) in [6.45, 7) is 10.2. The van der Waals surface area contributed by atoms with E-state index >= 15 is 0 Å². The van der Waals surface area contributed by atoms with E-state index < -0.39 is 0 Å². The van der Waals surface area contributed by atoms with Crippen molar-refractivity contribution in [3.05, 3.63) is 59.0 Å². The van der Waals surface area contributed by atoms with Gasteiger partial charge in [0.1, 0.15) is 11.5 Å². The lowest BCUT2D eigenvalue weighted by Gasteiger charge is -2.35. The molecule has 2 aromatic rings. The van der Waals surface area contributed by atoms with Crippen LogP contribution in [0.3, 0.4) is 0 Å². The summed E-state index contributed by atoms with van der Waals surface area (Å²) in [6.07, 6.45) is 6.32. The second-order valence-electron chi connectivity index (χ2n) is 9.44. The van der Waals surface area contributed by atoms with Crippen molar-refractivity contribution < 1.29 is 19.8 Å². The lowest BCUT2D eigenvalue weighted by Crippen LogP contribution is -2.32. The second kappa shape index (κ2) is 9.74. The van der Waals surface area contributed by atoms with Gasteiger partial charge >= 0.3 is 0 Å². The van der Waals surface area contributed by atoms with Crippen LogP contribution < -0.4 is 14.8 Å². The van der Waals surface area contributed by atoms with Crippen LogP contribution in [0.15, 0.2) is 53.1 Å². The lowest BCUT2D eigenvalue weighted by molar-refractivity contribution is 0.316. The van der Waals surface area contributed by atoms with E-state index in [-0.39, 0.29) is 17.2 Å². The number of fused-ring (bicyclic) bond motifs is 5. The molecule has 3 N–H and O–H groups in total. The van der Waals surface area contributed by atoms with E-state index in [2.05, 4.69) is 55.5 Å². The van der Waals surface area contributed by atoms with Crippen molar-refractivity contribution >= 4 is 34.5 Å². The van der Waals surface area contributed by atoms with Crippen LogP contribution in [-0.4, -0.2) is 34.4 Å². The highest BCUT2D eigenvalue weighted by Crippen LogP contribution is 2.53. The number of methoxy groups -OCH3 is 1. The SMILES string of the molecule is COc1c(O)ccc2c1-c1ccc3c(c1/C(=C/CS/C=C\C(C)/C(C)=N\O)O2)C(C)=CC(C)(C)N3. The van der Waals surface area contributed by atoms with Crippen LogP contribution in [0.25, 0.3) is 22.5 Å². The Balaban J connectivity index is 1.79. The summed E-state index contributed by atoms with van der Waals surface area (Å²) in [7, 11) is 1.56. The van der Waals surface area contributed by atoms with Crippen molar-refractivity contribution in [1.82, 2.24) is 0 Å². The molecule has 0 bridgehead atoms. The van der Waals surface area contributed by atoms with Gasteiger partial charge in [-0.05, 0) is 63.0 Å². The number of allylic oxidation sites excluding steroid dienone is 2. The maximum atomic E-state index is 10.5. The Morgan fingerprint density at radius 2 is 2.00 bits per heavy atom. The van der Waals surface area contributed by atoms with Crippen molar-refractivity contribution in [3.8, 4) is 28.4 Å². The van der Waals surface area contributed by atoms with Crippen molar-refractivity contribution in [2.45, 2.75) is 40.2 Å². The average Bonchev–Trinajstić information content (AvgIpc) is 2.81. The monoisotopic (exact) mass is 492 g/mol. The number of rotatable bonds is 6. The number of nitrogens with one attached hydrogen (secondary N) is 1. The topological polar surface area (TPSA) is 83.3 Å². The van der Waals surface area contributed by atoms with E-state index in [0.717, 1.165) is 39.3 Å². The lowest BCUT2D eigenvalue weighted by atomic mass is 9.83. The molecule has 0 saturated carbocycles. The molecule has 6 nitrogen and oxygen atoms in total. The standard InChI is InChI=1S/C28H32N2O4S/c1-16(18(3)30-32)11-13-35-14-12-23-25-19(26-22(34-23)10-9-21(31)27(26)33-6)7-8-20-24(25)17(2)15-28(4,5)29-20/h7-13,15-16,29,31-32H,14H2,1-6H3/b13-11-,23-12-,30-18-. The van der Waals surface area contributed by atoms with Crippen LogP contribution in [-0.2, 0) is 0 Å². The summed E-state index contributed by atoms with van der Waals surface area (Å²) in [5.41, 5.74) is 6.50. The predicted molar refractivity (Wildman–Crippen MR) is 146 cm³/mol. The van der Waals surface area contributed by atoms with E-state index in [4.69, 9.17) is 14.7 Å². The number of thioether (sulfide) groups is 1. The van der Waals surface area contributed by atoms with Gasteiger partial charge in [0, 0.05) is 34.0 Å². The van der Waals surface area contributed by atoms with Gasteiger partial charge in [-0.1, -0.05) is 30.3 Å². The van der Waals surface area contributed by atoms with Crippen molar-refractivity contribution in [2.24, 2.45) is 11.1 Å². The molecule has 2 aromatic carbocycles. The number of nitrogens with zero attached hydrogens (tertiary/aromatic N) is 1. The first kappa shape index (κ1) is 24.8. The quantitative estimate of drug-likeness (QED) is 0.172. The number of ether oxygens (including phenoxy) is 2. The zero-order valence-electron chi connectivity index (χ0n) is 21.0. The maximum Gasteiger partial charge on any atom is 0.172 e. The van der Waals surface area contributed by atoms with Gasteiger partial charge in [0.15, 0.2) is 11.5 Å². The van der Waals surface area contributed by atoms with Gasteiger partial charge in [-0.3, -0.25) is 0 Å². The van der Waals surface area contributed by atoms with Gasteiger partial charge in [-0.2, -0.15) is 0 Å². The number of phenols is 1. The minimum atomic E-state index is -0.161. The molecule has 0 fully saturated rings. The average molecular weight is 493 g/mol. The number of anilines is 1. The summed E-state index contributed by atoms with van der Waals surface area (Å²) in [4.78, 5) is 0. The van der Waals surface area contributed by atoms with Crippen molar-refractivity contribution in [2.75, 3.05) is 18.2 Å². The Hall–Kier alpha value is -3.32. The molecule has 184 valence electrons. The van der Waals surface area contributed by atoms with Crippen LogP contribution in [0.2, 0.25) is 0 Å². The number of hydrogen-bond acceptors (Lipinski definition) is 7. The molecule has 0 amide bonds. The van der Waals surface area contributed by atoms with E-state index in [0.29, 0.717) is 23.0 Å². The molecule has 0 saturated heterocycles. The van der Waals surface area contributed by atoms with Crippen molar-refractivity contribution in [1.29, 1.82) is 0 Å². The smallest absolute Gasteiger partial charge is 0.172 e. The summed E-state index contributed by atoms with van der Waals surface area (Å²) < 4.78 is 12.0. The third kappa shape index (κ3) is 4.78. The van der Waals surface area contributed by atoms with Gasteiger partial charge < -0.3 is 25.1 Å². The fourth-order valence-corrected chi connectivity index (χ4v) is 5.28. The van der Waals surface area contributed by atoms with Crippen LogP contribution in [0.1, 0.15) is 45.7 Å². The molecule has 2 aliphatic heterocycles. The van der Waals surface area contributed by atoms with Crippen LogP contribution in [0.5, 0.6) is 17.2 Å². The first-order chi connectivity index (χ1) is 16.7. The number of benzene rings is 2. The molecule has 1 unspecified atom stereocenters. The normalized spacial score (nSPS) is 18.2. The van der Waals surface area contributed by atoms with E-state index in [9.17, 15) is 5.11 Å². The predicted octanol–water partition coefficient (Wildman–Crippen LogP) is 7.14. The van der Waals surface area contributed by atoms with Crippen LogP contribution in [0.4, 0.5) is 5.69 Å². The number of oxime groups is 1. The van der Waals surface area contributed by atoms with E-state index in [1.54, 1.807) is 37.9 Å². The Morgan fingerprint density at radius 1 is 1.23 bits per heavy atom. The molecular formula is C28H32N2O4S. The third-order valence-corrected chi connectivity index (χ3v) is 7.03. The molecule has 2 aliphatic rings. The molecule has 4 rings (SSSR count). The first-order valence-corrected chi connectivity index (χ1v) is 12.6. The molecule has 7 heteroatoms. The van der Waals surface area contributed by atoms with Gasteiger partial charge in [-0.25, -0.2) is 0 Å². The highest BCUT2D eigenvalue weighted by atomic mass is 32.2. The fraction of sp³-hybridized carbons (Fsp3) is 0.321. The first-order valence-electron chi connectivity index (χ1n) is 11.6.